The number of aryl methyl sites for hydroxylation is 2. The zero-order chi connectivity index (χ0) is 20.0. The number of nitro benzene ring substituents is 1. The van der Waals surface area contributed by atoms with Crippen molar-refractivity contribution in [3.63, 3.8) is 0 Å². The fraction of sp³-hybridized carbons (Fsp3) is 0.158. The average molecular weight is 389 g/mol. The maximum absolute atomic E-state index is 11.9. The monoisotopic (exact) mass is 388 g/mol. The molecule has 0 aliphatic rings. The number of benzene rings is 2. The average Bonchev–Trinajstić information content (AvgIpc) is 2.58. The number of amides is 1. The van der Waals surface area contributed by atoms with E-state index < -0.39 is 23.4 Å². The van der Waals surface area contributed by atoms with Crippen LogP contribution in [0.4, 0.5) is 11.4 Å². The van der Waals surface area contributed by atoms with Crippen LogP contribution in [0.1, 0.15) is 16.7 Å². The van der Waals surface area contributed by atoms with Gasteiger partial charge in [0.05, 0.1) is 4.92 Å². The maximum atomic E-state index is 11.9. The lowest BCUT2D eigenvalue weighted by atomic mass is 10.1. The van der Waals surface area contributed by atoms with Crippen LogP contribution in [0.3, 0.4) is 0 Å². The summed E-state index contributed by atoms with van der Waals surface area (Å²) in [5, 5.41) is 13.5. The van der Waals surface area contributed by atoms with Crippen LogP contribution in [0, 0.1) is 24.0 Å². The Bertz CT molecular complexity index is 904. The third-order valence-electron chi connectivity index (χ3n) is 3.43. The van der Waals surface area contributed by atoms with E-state index >= 15 is 0 Å². The van der Waals surface area contributed by atoms with Gasteiger partial charge in [0.15, 0.2) is 6.61 Å². The van der Waals surface area contributed by atoms with Crippen molar-refractivity contribution in [3.8, 4) is 0 Å². The smallest absolute Gasteiger partial charge is 0.331 e. The number of nitrogens with one attached hydrogen (secondary N) is 1. The molecule has 1 amide bonds. The maximum Gasteiger partial charge on any atom is 0.331 e. The summed E-state index contributed by atoms with van der Waals surface area (Å²) in [4.78, 5) is 33.8. The minimum Gasteiger partial charge on any atom is -0.452 e. The third kappa shape index (κ3) is 6.23. The normalized spacial score (nSPS) is 10.6. The number of carbonyl (C=O) groups is 2. The molecule has 0 fully saturated rings. The number of halogens is 1. The summed E-state index contributed by atoms with van der Waals surface area (Å²) in [5.41, 5.74) is 2.77. The number of ether oxygens (including phenoxy) is 1. The first-order valence-corrected chi connectivity index (χ1v) is 8.29. The number of hydrogen-bond donors (Lipinski definition) is 1. The molecular formula is C19H17ClN2O5. The molecular weight excluding hydrogens is 372 g/mol. The first-order valence-electron chi connectivity index (χ1n) is 7.91. The van der Waals surface area contributed by atoms with Gasteiger partial charge < -0.3 is 10.1 Å². The van der Waals surface area contributed by atoms with E-state index in [1.165, 1.54) is 24.3 Å². The Morgan fingerprint density at radius 2 is 1.85 bits per heavy atom. The Morgan fingerprint density at radius 3 is 2.48 bits per heavy atom. The van der Waals surface area contributed by atoms with Gasteiger partial charge in [-0.25, -0.2) is 4.79 Å². The predicted octanol–water partition coefficient (Wildman–Crippen LogP) is 4.06. The van der Waals surface area contributed by atoms with Gasteiger partial charge in [0.1, 0.15) is 5.02 Å². The molecule has 2 aromatic rings. The molecule has 1 N–H and O–H groups in total. The van der Waals surface area contributed by atoms with Crippen molar-refractivity contribution in [1.82, 2.24) is 0 Å². The number of nitro groups is 1. The largest absolute Gasteiger partial charge is 0.452 e. The van der Waals surface area contributed by atoms with Crippen LogP contribution in [0.15, 0.2) is 42.5 Å². The molecule has 0 radical (unpaired) electrons. The molecule has 140 valence electrons. The second-order valence-electron chi connectivity index (χ2n) is 5.83. The van der Waals surface area contributed by atoms with Crippen LogP contribution >= 0.6 is 11.6 Å². The highest BCUT2D eigenvalue weighted by molar-refractivity contribution is 6.32. The summed E-state index contributed by atoms with van der Waals surface area (Å²) in [6.45, 7) is 3.38. The highest BCUT2D eigenvalue weighted by atomic mass is 35.5. The topological polar surface area (TPSA) is 98.5 Å². The standard InChI is InChI=1S/C19H17ClN2O5/c1-12-7-13(2)9-15(8-12)21-18(23)11-27-19(24)6-4-14-3-5-16(20)17(10-14)22(25)26/h3-10H,11H2,1-2H3,(H,21,23). The summed E-state index contributed by atoms with van der Waals surface area (Å²) >= 11 is 5.72. The minimum absolute atomic E-state index is 0.00258. The lowest BCUT2D eigenvalue weighted by Gasteiger charge is -2.07. The summed E-state index contributed by atoms with van der Waals surface area (Å²) in [7, 11) is 0. The zero-order valence-electron chi connectivity index (χ0n) is 14.7. The second kappa shape index (κ2) is 8.95. The molecule has 2 rings (SSSR count). The molecule has 0 aliphatic carbocycles. The van der Waals surface area contributed by atoms with Crippen LogP contribution in [-0.2, 0) is 14.3 Å². The number of nitrogens with zero attached hydrogens (tertiary/aromatic N) is 1. The SMILES string of the molecule is Cc1cc(C)cc(NC(=O)COC(=O)C=Cc2ccc(Cl)c([N+](=O)[O-])c2)c1. The second-order valence-corrected chi connectivity index (χ2v) is 6.24. The first-order chi connectivity index (χ1) is 12.7. The van der Waals surface area contributed by atoms with Gasteiger partial charge in [-0.3, -0.25) is 14.9 Å². The van der Waals surface area contributed by atoms with Gasteiger partial charge in [0.2, 0.25) is 0 Å². The van der Waals surface area contributed by atoms with Crippen molar-refractivity contribution in [3.05, 3.63) is 74.3 Å². The Kier molecular flexibility index (Phi) is 6.67. The molecule has 27 heavy (non-hydrogen) atoms. The summed E-state index contributed by atoms with van der Waals surface area (Å²) in [6, 6.07) is 9.70. The van der Waals surface area contributed by atoms with E-state index in [4.69, 9.17) is 16.3 Å². The lowest BCUT2D eigenvalue weighted by molar-refractivity contribution is -0.384. The summed E-state index contributed by atoms with van der Waals surface area (Å²) in [5.74, 6) is -1.22. The molecule has 0 bridgehead atoms. The number of hydrogen-bond acceptors (Lipinski definition) is 5. The molecule has 0 unspecified atom stereocenters. The zero-order valence-corrected chi connectivity index (χ0v) is 15.4. The fourth-order valence-electron chi connectivity index (χ4n) is 2.37. The van der Waals surface area contributed by atoms with Crippen LogP contribution in [0.25, 0.3) is 6.08 Å². The van der Waals surface area contributed by atoms with Crippen molar-refractivity contribution >= 4 is 40.9 Å². The van der Waals surface area contributed by atoms with E-state index in [0.29, 0.717) is 11.3 Å². The van der Waals surface area contributed by atoms with Gasteiger partial charge in [0, 0.05) is 17.8 Å². The Morgan fingerprint density at radius 1 is 1.19 bits per heavy atom. The number of anilines is 1. The molecule has 0 aromatic heterocycles. The molecule has 0 saturated carbocycles. The van der Waals surface area contributed by atoms with E-state index in [0.717, 1.165) is 17.2 Å². The highest BCUT2D eigenvalue weighted by Crippen LogP contribution is 2.25. The number of rotatable bonds is 6. The number of carbonyl (C=O) groups excluding carboxylic acids is 2. The predicted molar refractivity (Wildman–Crippen MR) is 103 cm³/mol. The fourth-order valence-corrected chi connectivity index (χ4v) is 2.55. The Hall–Kier alpha value is -3.19. The van der Waals surface area contributed by atoms with Crippen molar-refractivity contribution in [2.45, 2.75) is 13.8 Å². The molecule has 0 atom stereocenters. The van der Waals surface area contributed by atoms with Crippen LogP contribution < -0.4 is 5.32 Å². The quantitative estimate of drug-likeness (QED) is 0.348. The van der Waals surface area contributed by atoms with E-state index in [1.54, 1.807) is 12.1 Å². The molecule has 0 spiro atoms. The van der Waals surface area contributed by atoms with Gasteiger partial charge in [-0.2, -0.15) is 0 Å². The highest BCUT2D eigenvalue weighted by Gasteiger charge is 2.12. The van der Waals surface area contributed by atoms with Crippen LogP contribution in [0.5, 0.6) is 0 Å². The van der Waals surface area contributed by atoms with Crippen molar-refractivity contribution in [1.29, 1.82) is 0 Å². The van der Waals surface area contributed by atoms with Gasteiger partial charge in [-0.1, -0.05) is 23.7 Å². The van der Waals surface area contributed by atoms with E-state index in [-0.39, 0.29) is 10.7 Å². The van der Waals surface area contributed by atoms with Crippen LogP contribution in [0.2, 0.25) is 5.02 Å². The first kappa shape index (κ1) is 20.1. The summed E-state index contributed by atoms with van der Waals surface area (Å²) < 4.78 is 4.86. The molecule has 0 saturated heterocycles. The van der Waals surface area contributed by atoms with Crippen molar-refractivity contribution in [2.24, 2.45) is 0 Å². The lowest BCUT2D eigenvalue weighted by Crippen LogP contribution is -2.20. The molecule has 7 nitrogen and oxygen atoms in total. The summed E-state index contributed by atoms with van der Waals surface area (Å²) in [6.07, 6.45) is 2.42. The van der Waals surface area contributed by atoms with Crippen molar-refractivity contribution in [2.75, 3.05) is 11.9 Å². The van der Waals surface area contributed by atoms with Gasteiger partial charge in [-0.05, 0) is 54.8 Å². The van der Waals surface area contributed by atoms with Crippen LogP contribution in [-0.4, -0.2) is 23.4 Å². The van der Waals surface area contributed by atoms with E-state index in [9.17, 15) is 19.7 Å². The van der Waals surface area contributed by atoms with E-state index in [1.807, 2.05) is 19.9 Å². The van der Waals surface area contributed by atoms with E-state index in [2.05, 4.69) is 5.32 Å². The molecule has 2 aromatic carbocycles. The Labute approximate surface area is 160 Å². The van der Waals surface area contributed by atoms with Gasteiger partial charge in [-0.15, -0.1) is 0 Å². The molecule has 0 heterocycles. The third-order valence-corrected chi connectivity index (χ3v) is 3.75. The van der Waals surface area contributed by atoms with Gasteiger partial charge >= 0.3 is 5.97 Å². The molecule has 0 aliphatic heterocycles. The van der Waals surface area contributed by atoms with Gasteiger partial charge in [0.25, 0.3) is 11.6 Å². The Balaban J connectivity index is 1.90. The molecule has 8 heteroatoms. The van der Waals surface area contributed by atoms with Crippen molar-refractivity contribution < 1.29 is 19.2 Å². The minimum atomic E-state index is -0.747. The number of esters is 1.